The summed E-state index contributed by atoms with van der Waals surface area (Å²) in [6, 6.07) is 22.5. The summed E-state index contributed by atoms with van der Waals surface area (Å²) >= 11 is 6.13. The number of carbonyl (C=O) groups excluding carboxylic acids is 1. The van der Waals surface area contributed by atoms with Crippen molar-refractivity contribution >= 4 is 38.9 Å². The SMILES string of the molecule is CC(NC(=O)CN(c1cccc(Cl)c1)S(=O)(=O)c1ccccc1)c1ccc(N2CCCCC2)cc1. The maximum Gasteiger partial charge on any atom is 0.264 e. The molecule has 0 aliphatic carbocycles. The van der Waals surface area contributed by atoms with Crippen molar-refractivity contribution in [3.63, 3.8) is 0 Å². The van der Waals surface area contributed by atoms with Crippen molar-refractivity contribution in [1.29, 1.82) is 0 Å². The molecule has 0 radical (unpaired) electrons. The minimum absolute atomic E-state index is 0.106. The largest absolute Gasteiger partial charge is 0.372 e. The van der Waals surface area contributed by atoms with Gasteiger partial charge in [0.25, 0.3) is 10.0 Å². The maximum absolute atomic E-state index is 13.4. The Morgan fingerprint density at radius 1 is 0.971 bits per heavy atom. The van der Waals surface area contributed by atoms with Crippen molar-refractivity contribution in [2.24, 2.45) is 0 Å². The van der Waals surface area contributed by atoms with Crippen molar-refractivity contribution in [2.75, 3.05) is 28.8 Å². The number of nitrogens with one attached hydrogen (secondary N) is 1. The zero-order valence-electron chi connectivity index (χ0n) is 19.7. The molecule has 1 N–H and O–H groups in total. The van der Waals surface area contributed by atoms with E-state index in [0.717, 1.165) is 23.0 Å². The van der Waals surface area contributed by atoms with Crippen LogP contribution in [0.25, 0.3) is 0 Å². The molecule has 1 heterocycles. The van der Waals surface area contributed by atoms with Gasteiger partial charge in [0.2, 0.25) is 5.91 Å². The van der Waals surface area contributed by atoms with Gasteiger partial charge in [0.15, 0.2) is 0 Å². The predicted octanol–water partition coefficient (Wildman–Crippen LogP) is 5.40. The second kappa shape index (κ2) is 11.1. The number of hydrogen-bond donors (Lipinski definition) is 1. The van der Waals surface area contributed by atoms with Gasteiger partial charge >= 0.3 is 0 Å². The molecule has 1 unspecified atom stereocenters. The van der Waals surface area contributed by atoms with Crippen LogP contribution >= 0.6 is 11.6 Å². The van der Waals surface area contributed by atoms with Crippen LogP contribution in [0.15, 0.2) is 83.8 Å². The number of anilines is 2. The Balaban J connectivity index is 1.50. The van der Waals surface area contributed by atoms with E-state index in [1.54, 1.807) is 36.4 Å². The van der Waals surface area contributed by atoms with E-state index in [9.17, 15) is 13.2 Å². The lowest BCUT2D eigenvalue weighted by molar-refractivity contribution is -0.120. The first-order chi connectivity index (χ1) is 16.8. The highest BCUT2D eigenvalue weighted by molar-refractivity contribution is 7.92. The lowest BCUT2D eigenvalue weighted by atomic mass is 10.1. The van der Waals surface area contributed by atoms with Crippen LogP contribution in [0.5, 0.6) is 0 Å². The van der Waals surface area contributed by atoms with Gasteiger partial charge in [-0.05, 0) is 74.2 Å². The Morgan fingerprint density at radius 3 is 2.31 bits per heavy atom. The van der Waals surface area contributed by atoms with Gasteiger partial charge in [-0.2, -0.15) is 0 Å². The second-order valence-electron chi connectivity index (χ2n) is 8.73. The first-order valence-corrected chi connectivity index (χ1v) is 13.6. The number of halogens is 1. The molecule has 6 nitrogen and oxygen atoms in total. The van der Waals surface area contributed by atoms with Crippen molar-refractivity contribution in [3.05, 3.63) is 89.4 Å². The van der Waals surface area contributed by atoms with E-state index in [4.69, 9.17) is 11.6 Å². The topological polar surface area (TPSA) is 69.7 Å². The average Bonchev–Trinajstić information content (AvgIpc) is 2.88. The minimum atomic E-state index is -3.98. The lowest BCUT2D eigenvalue weighted by Crippen LogP contribution is -2.41. The fraction of sp³-hybridized carbons (Fsp3) is 0.296. The summed E-state index contributed by atoms with van der Waals surface area (Å²) in [6.45, 7) is 3.67. The lowest BCUT2D eigenvalue weighted by Gasteiger charge is -2.29. The zero-order valence-corrected chi connectivity index (χ0v) is 21.3. The van der Waals surface area contributed by atoms with E-state index in [-0.39, 0.29) is 17.5 Å². The molecule has 3 aromatic carbocycles. The summed E-state index contributed by atoms with van der Waals surface area (Å²) in [6.07, 6.45) is 3.70. The van der Waals surface area contributed by atoms with E-state index >= 15 is 0 Å². The Hall–Kier alpha value is -3.03. The molecule has 4 rings (SSSR count). The van der Waals surface area contributed by atoms with E-state index < -0.39 is 15.9 Å². The van der Waals surface area contributed by atoms with Crippen LogP contribution in [0.2, 0.25) is 5.02 Å². The Labute approximate surface area is 212 Å². The predicted molar refractivity (Wildman–Crippen MR) is 141 cm³/mol. The van der Waals surface area contributed by atoms with Gasteiger partial charge in [0.1, 0.15) is 6.54 Å². The van der Waals surface area contributed by atoms with Gasteiger partial charge in [0, 0.05) is 23.8 Å². The summed E-state index contributed by atoms with van der Waals surface area (Å²) in [5, 5.41) is 3.33. The molecule has 184 valence electrons. The van der Waals surface area contributed by atoms with Crippen molar-refractivity contribution < 1.29 is 13.2 Å². The van der Waals surface area contributed by atoms with E-state index in [2.05, 4.69) is 22.3 Å². The fourth-order valence-electron chi connectivity index (χ4n) is 4.29. The van der Waals surface area contributed by atoms with Crippen LogP contribution in [0.4, 0.5) is 11.4 Å². The highest BCUT2D eigenvalue weighted by Crippen LogP contribution is 2.27. The van der Waals surface area contributed by atoms with E-state index in [1.807, 2.05) is 19.1 Å². The fourth-order valence-corrected chi connectivity index (χ4v) is 5.91. The zero-order chi connectivity index (χ0) is 24.8. The minimum Gasteiger partial charge on any atom is -0.372 e. The summed E-state index contributed by atoms with van der Waals surface area (Å²) in [5.41, 5.74) is 2.47. The number of nitrogens with zero attached hydrogens (tertiary/aromatic N) is 2. The quantitative estimate of drug-likeness (QED) is 0.439. The van der Waals surface area contributed by atoms with Crippen molar-refractivity contribution in [2.45, 2.75) is 37.1 Å². The molecule has 35 heavy (non-hydrogen) atoms. The molecule has 1 aliphatic heterocycles. The van der Waals surface area contributed by atoms with Crippen LogP contribution in [0.1, 0.15) is 37.8 Å². The Morgan fingerprint density at radius 2 is 1.66 bits per heavy atom. The molecule has 1 aliphatic rings. The standard InChI is InChI=1S/C27H30ClN3O3S/c1-21(22-13-15-24(16-14-22)30-17-6-3-7-18-30)29-27(32)20-31(25-10-8-9-23(28)19-25)35(33,34)26-11-4-2-5-12-26/h2,4-5,8-16,19,21H,3,6-7,17-18,20H2,1H3,(H,29,32). The van der Waals surface area contributed by atoms with Gasteiger partial charge in [-0.3, -0.25) is 9.10 Å². The van der Waals surface area contributed by atoms with Gasteiger partial charge in [0.05, 0.1) is 16.6 Å². The number of carbonyl (C=O) groups is 1. The normalized spacial score (nSPS) is 14.9. The number of benzene rings is 3. The molecule has 0 aromatic heterocycles. The summed E-state index contributed by atoms with van der Waals surface area (Å²) in [7, 11) is -3.98. The Bertz CT molecular complexity index is 1240. The molecule has 0 spiro atoms. The number of sulfonamides is 1. The van der Waals surface area contributed by atoms with Crippen LogP contribution < -0.4 is 14.5 Å². The van der Waals surface area contributed by atoms with Crippen molar-refractivity contribution in [1.82, 2.24) is 5.32 Å². The molecule has 0 bridgehead atoms. The number of hydrogen-bond acceptors (Lipinski definition) is 4. The highest BCUT2D eigenvalue weighted by Gasteiger charge is 2.27. The summed E-state index contributed by atoms with van der Waals surface area (Å²) in [4.78, 5) is 15.5. The van der Waals surface area contributed by atoms with Gasteiger partial charge < -0.3 is 10.2 Å². The monoisotopic (exact) mass is 511 g/mol. The smallest absolute Gasteiger partial charge is 0.264 e. The third-order valence-electron chi connectivity index (χ3n) is 6.21. The summed E-state index contributed by atoms with van der Waals surface area (Å²) < 4.78 is 27.9. The van der Waals surface area contributed by atoms with E-state index in [0.29, 0.717) is 10.7 Å². The third kappa shape index (κ3) is 6.16. The Kier molecular flexibility index (Phi) is 7.98. The molecular weight excluding hydrogens is 482 g/mol. The molecule has 1 saturated heterocycles. The average molecular weight is 512 g/mol. The highest BCUT2D eigenvalue weighted by atomic mass is 35.5. The number of amides is 1. The second-order valence-corrected chi connectivity index (χ2v) is 11.0. The van der Waals surface area contributed by atoms with Crippen LogP contribution in [-0.4, -0.2) is 34.0 Å². The molecule has 1 fully saturated rings. The van der Waals surface area contributed by atoms with Gasteiger partial charge in [-0.25, -0.2) is 8.42 Å². The first-order valence-electron chi connectivity index (χ1n) is 11.8. The molecular formula is C27H30ClN3O3S. The maximum atomic E-state index is 13.4. The number of piperidine rings is 1. The van der Waals surface area contributed by atoms with Crippen LogP contribution in [-0.2, 0) is 14.8 Å². The first kappa shape index (κ1) is 25.1. The molecule has 8 heteroatoms. The van der Waals surface area contributed by atoms with Gasteiger partial charge in [-0.15, -0.1) is 0 Å². The molecule has 0 saturated carbocycles. The molecule has 3 aromatic rings. The van der Waals surface area contributed by atoms with Gasteiger partial charge in [-0.1, -0.05) is 48.0 Å². The molecule has 1 amide bonds. The molecule has 1 atom stereocenters. The van der Waals surface area contributed by atoms with E-state index in [1.165, 1.54) is 43.1 Å². The van der Waals surface area contributed by atoms with Crippen LogP contribution in [0.3, 0.4) is 0 Å². The third-order valence-corrected chi connectivity index (χ3v) is 8.23. The van der Waals surface area contributed by atoms with Crippen molar-refractivity contribution in [3.8, 4) is 0 Å². The summed E-state index contributed by atoms with van der Waals surface area (Å²) in [5.74, 6) is -0.405. The van der Waals surface area contributed by atoms with Crippen LogP contribution in [0, 0.1) is 0 Å². The number of rotatable bonds is 8.